The first-order chi connectivity index (χ1) is 7.18. The van der Waals surface area contributed by atoms with Gasteiger partial charge in [0.25, 0.3) is 0 Å². The molecule has 0 aromatic heterocycles. The smallest absolute Gasteiger partial charge is 0.246 e. The Labute approximate surface area is 98.4 Å². The van der Waals surface area contributed by atoms with Crippen LogP contribution in [0.4, 0.5) is 0 Å². The summed E-state index contributed by atoms with van der Waals surface area (Å²) in [7, 11) is 0. The molecule has 1 heterocycles. The number of hydrogen-bond donors (Lipinski definition) is 0. The Morgan fingerprint density at radius 1 is 1.44 bits per heavy atom. The van der Waals surface area contributed by atoms with Crippen molar-refractivity contribution >= 4 is 5.91 Å². The predicted molar refractivity (Wildman–Crippen MR) is 64.7 cm³/mol. The van der Waals surface area contributed by atoms with Gasteiger partial charge in [-0.25, -0.2) is 5.06 Å². The lowest BCUT2D eigenvalue weighted by molar-refractivity contribution is -0.243. The normalized spacial score (nSPS) is 24.6. The zero-order valence-electron chi connectivity index (χ0n) is 11.2. The minimum absolute atomic E-state index is 0.000723. The van der Waals surface area contributed by atoms with E-state index >= 15 is 0 Å². The van der Waals surface area contributed by atoms with E-state index < -0.39 is 0 Å². The fourth-order valence-electron chi connectivity index (χ4n) is 1.65. The van der Waals surface area contributed by atoms with Gasteiger partial charge in [-0.3, -0.25) is 9.63 Å². The second kappa shape index (κ2) is 4.21. The SMILES string of the molecule is CCC(=O)N1O[C@@H](C(C)(C)C)C=CC1(C)C. The monoisotopic (exact) mass is 225 g/mol. The number of rotatable bonds is 1. The zero-order valence-corrected chi connectivity index (χ0v) is 11.2. The molecule has 0 radical (unpaired) electrons. The predicted octanol–water partition coefficient (Wildman–Crippen LogP) is 2.92. The fraction of sp³-hybridized carbons (Fsp3) is 0.769. The number of carbonyl (C=O) groups excluding carboxylic acids is 1. The Kier molecular flexibility index (Phi) is 3.48. The molecule has 0 bridgehead atoms. The van der Waals surface area contributed by atoms with Crippen molar-refractivity contribution in [3.05, 3.63) is 12.2 Å². The van der Waals surface area contributed by atoms with Crippen molar-refractivity contribution in [2.75, 3.05) is 0 Å². The summed E-state index contributed by atoms with van der Waals surface area (Å²) in [4.78, 5) is 17.6. The molecule has 0 N–H and O–H groups in total. The summed E-state index contributed by atoms with van der Waals surface area (Å²) >= 11 is 0. The standard InChI is InChI=1S/C13H23NO2/c1-7-11(15)14-13(5,6)9-8-10(16-14)12(2,3)4/h8-10H,7H2,1-6H3/t10-/m1/s1. The summed E-state index contributed by atoms with van der Waals surface area (Å²) in [6, 6.07) is 0. The Morgan fingerprint density at radius 3 is 2.44 bits per heavy atom. The molecule has 0 spiro atoms. The Balaban J connectivity index is 2.94. The molecule has 92 valence electrons. The average molecular weight is 225 g/mol. The van der Waals surface area contributed by atoms with Gasteiger partial charge in [-0.2, -0.15) is 0 Å². The summed E-state index contributed by atoms with van der Waals surface area (Å²) < 4.78 is 0. The highest BCUT2D eigenvalue weighted by Gasteiger charge is 2.38. The Morgan fingerprint density at radius 2 is 2.00 bits per heavy atom. The third kappa shape index (κ3) is 2.64. The van der Waals surface area contributed by atoms with Crippen molar-refractivity contribution in [2.45, 2.75) is 59.6 Å². The van der Waals surface area contributed by atoms with Gasteiger partial charge in [0.15, 0.2) is 0 Å². The highest BCUT2D eigenvalue weighted by atomic mass is 16.7. The highest BCUT2D eigenvalue weighted by molar-refractivity contribution is 5.76. The Hall–Kier alpha value is -0.830. The lowest BCUT2D eigenvalue weighted by Gasteiger charge is -2.43. The van der Waals surface area contributed by atoms with Gasteiger partial charge >= 0.3 is 0 Å². The summed E-state index contributed by atoms with van der Waals surface area (Å²) in [6.45, 7) is 12.1. The van der Waals surface area contributed by atoms with Gasteiger partial charge in [0.1, 0.15) is 6.10 Å². The van der Waals surface area contributed by atoms with Crippen LogP contribution in [-0.2, 0) is 9.63 Å². The minimum Gasteiger partial charge on any atom is -0.273 e. The van der Waals surface area contributed by atoms with Crippen LogP contribution in [0.15, 0.2) is 12.2 Å². The maximum absolute atomic E-state index is 11.8. The summed E-state index contributed by atoms with van der Waals surface area (Å²) in [5.74, 6) is 0.0311. The zero-order chi connectivity index (χ0) is 12.6. The molecule has 1 rings (SSSR count). The van der Waals surface area contributed by atoms with E-state index in [1.807, 2.05) is 20.8 Å². The van der Waals surface area contributed by atoms with Crippen molar-refractivity contribution in [1.82, 2.24) is 5.06 Å². The molecule has 3 nitrogen and oxygen atoms in total. The number of hydroxylamine groups is 2. The molecule has 0 aromatic rings. The van der Waals surface area contributed by atoms with E-state index in [1.54, 1.807) is 0 Å². The van der Waals surface area contributed by atoms with Crippen LogP contribution in [0.25, 0.3) is 0 Å². The van der Waals surface area contributed by atoms with Gasteiger partial charge in [0, 0.05) is 6.42 Å². The van der Waals surface area contributed by atoms with Gasteiger partial charge in [0.2, 0.25) is 5.91 Å². The van der Waals surface area contributed by atoms with Gasteiger partial charge in [-0.15, -0.1) is 0 Å². The first kappa shape index (κ1) is 13.2. The quantitative estimate of drug-likeness (QED) is 0.642. The first-order valence-corrected chi connectivity index (χ1v) is 5.87. The largest absolute Gasteiger partial charge is 0.273 e. The second-order valence-corrected chi connectivity index (χ2v) is 5.95. The van der Waals surface area contributed by atoms with Crippen molar-refractivity contribution in [1.29, 1.82) is 0 Å². The van der Waals surface area contributed by atoms with Crippen LogP contribution in [0, 0.1) is 5.41 Å². The van der Waals surface area contributed by atoms with E-state index in [0.29, 0.717) is 6.42 Å². The van der Waals surface area contributed by atoms with E-state index in [1.165, 1.54) is 5.06 Å². The van der Waals surface area contributed by atoms with E-state index in [9.17, 15) is 4.79 Å². The van der Waals surface area contributed by atoms with E-state index in [0.717, 1.165) is 0 Å². The molecular formula is C13H23NO2. The Bertz CT molecular complexity index is 300. The molecule has 1 atom stereocenters. The number of amides is 1. The van der Waals surface area contributed by atoms with Gasteiger partial charge in [0.05, 0.1) is 5.54 Å². The van der Waals surface area contributed by atoms with Crippen LogP contribution in [0.2, 0.25) is 0 Å². The number of hydrogen-bond acceptors (Lipinski definition) is 2. The number of carbonyl (C=O) groups is 1. The van der Waals surface area contributed by atoms with Crippen LogP contribution >= 0.6 is 0 Å². The van der Waals surface area contributed by atoms with E-state index in [4.69, 9.17) is 4.84 Å². The van der Waals surface area contributed by atoms with E-state index in [2.05, 4.69) is 32.9 Å². The van der Waals surface area contributed by atoms with Gasteiger partial charge < -0.3 is 0 Å². The molecule has 3 heteroatoms. The average Bonchev–Trinajstić information content (AvgIpc) is 2.14. The summed E-state index contributed by atoms with van der Waals surface area (Å²) in [5.41, 5.74) is -0.353. The molecule has 0 unspecified atom stereocenters. The summed E-state index contributed by atoms with van der Waals surface area (Å²) in [6.07, 6.45) is 4.53. The van der Waals surface area contributed by atoms with Crippen LogP contribution in [0.1, 0.15) is 48.0 Å². The lowest BCUT2D eigenvalue weighted by atomic mass is 9.86. The molecule has 0 fully saturated rings. The molecule has 0 aromatic carbocycles. The van der Waals surface area contributed by atoms with Crippen molar-refractivity contribution < 1.29 is 9.63 Å². The molecule has 0 saturated carbocycles. The topological polar surface area (TPSA) is 29.5 Å². The molecule has 1 aliphatic rings. The van der Waals surface area contributed by atoms with Crippen molar-refractivity contribution in [3.8, 4) is 0 Å². The molecule has 16 heavy (non-hydrogen) atoms. The fourth-order valence-corrected chi connectivity index (χ4v) is 1.65. The third-order valence-corrected chi connectivity index (χ3v) is 2.80. The van der Waals surface area contributed by atoms with Crippen LogP contribution in [0.3, 0.4) is 0 Å². The molecule has 0 aliphatic carbocycles. The minimum atomic E-state index is -0.352. The molecule has 0 saturated heterocycles. The molecule has 1 aliphatic heterocycles. The molecular weight excluding hydrogens is 202 g/mol. The second-order valence-electron chi connectivity index (χ2n) is 5.95. The number of nitrogens with zero attached hydrogens (tertiary/aromatic N) is 1. The van der Waals surface area contributed by atoms with Gasteiger partial charge in [-0.1, -0.05) is 39.8 Å². The van der Waals surface area contributed by atoms with Crippen molar-refractivity contribution in [3.63, 3.8) is 0 Å². The van der Waals surface area contributed by atoms with Crippen LogP contribution in [-0.4, -0.2) is 22.6 Å². The maximum Gasteiger partial charge on any atom is 0.246 e. The van der Waals surface area contributed by atoms with Gasteiger partial charge in [-0.05, 0) is 19.3 Å². The first-order valence-electron chi connectivity index (χ1n) is 5.87. The summed E-state index contributed by atoms with van der Waals surface area (Å²) in [5, 5.41) is 1.52. The van der Waals surface area contributed by atoms with Crippen LogP contribution < -0.4 is 0 Å². The lowest BCUT2D eigenvalue weighted by Crippen LogP contribution is -2.52. The van der Waals surface area contributed by atoms with Crippen molar-refractivity contribution in [2.24, 2.45) is 5.41 Å². The van der Waals surface area contributed by atoms with E-state index in [-0.39, 0.29) is 23.0 Å². The maximum atomic E-state index is 11.8. The molecule has 1 amide bonds. The van der Waals surface area contributed by atoms with Crippen LogP contribution in [0.5, 0.6) is 0 Å². The third-order valence-electron chi connectivity index (χ3n) is 2.80. The highest BCUT2D eigenvalue weighted by Crippen LogP contribution is 2.32.